The number of pyridine rings is 1. The van der Waals surface area contributed by atoms with Crippen molar-refractivity contribution in [2.24, 2.45) is 0 Å². The van der Waals surface area contributed by atoms with Crippen molar-refractivity contribution >= 4 is 21.4 Å². The second-order valence-corrected chi connectivity index (χ2v) is 6.61. The third-order valence-corrected chi connectivity index (χ3v) is 5.17. The standard InChI is InChI=1S/C12H14N2O3S2/c15-9-11-12(4-8-18-11)19(16,17)14-7-3-10-1-5-13-6-2-10/h1-2,4-6,8,14-15H,3,7,9H2. The van der Waals surface area contributed by atoms with E-state index in [4.69, 9.17) is 5.11 Å². The van der Waals surface area contributed by atoms with Crippen LogP contribution < -0.4 is 4.72 Å². The quantitative estimate of drug-likeness (QED) is 0.838. The number of nitrogens with one attached hydrogen (secondary N) is 1. The normalized spacial score (nSPS) is 11.6. The summed E-state index contributed by atoms with van der Waals surface area (Å²) in [5.74, 6) is 0. The van der Waals surface area contributed by atoms with Crippen molar-refractivity contribution in [2.75, 3.05) is 6.54 Å². The molecule has 0 fully saturated rings. The lowest BCUT2D eigenvalue weighted by Crippen LogP contribution is -2.26. The summed E-state index contributed by atoms with van der Waals surface area (Å²) in [5.41, 5.74) is 1.02. The van der Waals surface area contributed by atoms with Gasteiger partial charge in [0.25, 0.3) is 0 Å². The lowest BCUT2D eigenvalue weighted by Gasteiger charge is -2.06. The summed E-state index contributed by atoms with van der Waals surface area (Å²) in [4.78, 5) is 4.52. The fourth-order valence-corrected chi connectivity index (χ4v) is 3.97. The van der Waals surface area contributed by atoms with Crippen LogP contribution in [0.2, 0.25) is 0 Å². The first kappa shape index (κ1) is 14.1. The van der Waals surface area contributed by atoms with E-state index in [0.29, 0.717) is 17.8 Å². The number of sulfonamides is 1. The summed E-state index contributed by atoms with van der Waals surface area (Å²) in [7, 11) is -3.55. The molecule has 2 aromatic rings. The van der Waals surface area contributed by atoms with Gasteiger partial charge in [-0.3, -0.25) is 4.98 Å². The zero-order valence-electron chi connectivity index (χ0n) is 10.1. The molecule has 2 aromatic heterocycles. The molecular formula is C12H14N2O3S2. The van der Waals surface area contributed by atoms with Gasteiger partial charge in [-0.15, -0.1) is 11.3 Å². The van der Waals surface area contributed by atoms with Crippen LogP contribution in [0.1, 0.15) is 10.4 Å². The van der Waals surface area contributed by atoms with E-state index in [-0.39, 0.29) is 11.5 Å². The Morgan fingerprint density at radius 1 is 1.26 bits per heavy atom. The minimum Gasteiger partial charge on any atom is -0.391 e. The lowest BCUT2D eigenvalue weighted by molar-refractivity contribution is 0.282. The molecule has 2 rings (SSSR count). The molecule has 0 aromatic carbocycles. The second kappa shape index (κ2) is 6.25. The van der Waals surface area contributed by atoms with Gasteiger partial charge in [-0.25, -0.2) is 13.1 Å². The third-order valence-electron chi connectivity index (χ3n) is 2.59. The number of hydrogen-bond donors (Lipinski definition) is 2. The SMILES string of the molecule is O=S(=O)(NCCc1ccncc1)c1ccsc1CO. The van der Waals surface area contributed by atoms with E-state index in [2.05, 4.69) is 9.71 Å². The minimum absolute atomic E-state index is 0.162. The number of thiophene rings is 1. The largest absolute Gasteiger partial charge is 0.391 e. The van der Waals surface area contributed by atoms with Gasteiger partial charge >= 0.3 is 0 Å². The predicted octanol–water partition coefficient (Wildman–Crippen LogP) is 1.16. The van der Waals surface area contributed by atoms with E-state index >= 15 is 0 Å². The lowest BCUT2D eigenvalue weighted by atomic mass is 10.2. The first-order chi connectivity index (χ1) is 9.13. The van der Waals surface area contributed by atoms with Crippen LogP contribution in [-0.2, 0) is 23.1 Å². The van der Waals surface area contributed by atoms with E-state index < -0.39 is 10.0 Å². The highest BCUT2D eigenvalue weighted by Crippen LogP contribution is 2.21. The smallest absolute Gasteiger partial charge is 0.241 e. The van der Waals surface area contributed by atoms with Gasteiger partial charge in [0.1, 0.15) is 0 Å². The molecule has 0 radical (unpaired) electrons. The Morgan fingerprint density at radius 3 is 2.68 bits per heavy atom. The van der Waals surface area contributed by atoms with Gasteiger partial charge < -0.3 is 5.11 Å². The number of aliphatic hydroxyl groups is 1. The molecule has 2 N–H and O–H groups in total. The van der Waals surface area contributed by atoms with Crippen LogP contribution in [0.5, 0.6) is 0 Å². The maximum atomic E-state index is 12.0. The van der Waals surface area contributed by atoms with Gasteiger partial charge in [0.05, 0.1) is 11.5 Å². The highest BCUT2D eigenvalue weighted by molar-refractivity contribution is 7.89. The number of rotatable bonds is 6. The molecule has 102 valence electrons. The zero-order valence-corrected chi connectivity index (χ0v) is 11.7. The molecule has 0 aliphatic heterocycles. The molecule has 5 nitrogen and oxygen atoms in total. The monoisotopic (exact) mass is 298 g/mol. The van der Waals surface area contributed by atoms with E-state index in [0.717, 1.165) is 5.56 Å². The Labute approximate surface area is 116 Å². The average Bonchev–Trinajstić information content (AvgIpc) is 2.89. The fraction of sp³-hybridized carbons (Fsp3) is 0.250. The summed E-state index contributed by atoms with van der Waals surface area (Å²) < 4.78 is 26.6. The van der Waals surface area contributed by atoms with Crippen molar-refractivity contribution < 1.29 is 13.5 Å². The molecule has 0 saturated carbocycles. The van der Waals surface area contributed by atoms with Crippen LogP contribution in [-0.4, -0.2) is 25.1 Å². The molecule has 0 spiro atoms. The van der Waals surface area contributed by atoms with Gasteiger partial charge in [-0.1, -0.05) is 0 Å². The van der Waals surface area contributed by atoms with Crippen LogP contribution in [0.25, 0.3) is 0 Å². The molecule has 0 amide bonds. The predicted molar refractivity (Wildman–Crippen MR) is 73.4 cm³/mol. The molecule has 7 heteroatoms. The topological polar surface area (TPSA) is 79.3 Å². The molecule has 2 heterocycles. The highest BCUT2D eigenvalue weighted by Gasteiger charge is 2.18. The van der Waals surface area contributed by atoms with Crippen molar-refractivity contribution in [3.05, 3.63) is 46.4 Å². The third kappa shape index (κ3) is 3.60. The molecule has 0 atom stereocenters. The Balaban J connectivity index is 1.99. The summed E-state index contributed by atoms with van der Waals surface area (Å²) in [6.45, 7) is 0.0470. The molecule has 0 saturated heterocycles. The zero-order chi connectivity index (χ0) is 13.7. The molecule has 0 unspecified atom stereocenters. The Hall–Kier alpha value is -1.28. The van der Waals surface area contributed by atoms with Gasteiger partial charge in [0, 0.05) is 23.8 Å². The van der Waals surface area contributed by atoms with Crippen molar-refractivity contribution in [2.45, 2.75) is 17.9 Å². The molecule has 0 aliphatic rings. The fourth-order valence-electron chi connectivity index (χ4n) is 1.64. The first-order valence-corrected chi connectivity index (χ1v) is 8.05. The number of aliphatic hydroxyl groups excluding tert-OH is 1. The Kier molecular flexibility index (Phi) is 4.65. The summed E-state index contributed by atoms with van der Waals surface area (Å²) in [5, 5.41) is 10.7. The number of nitrogens with zero attached hydrogens (tertiary/aromatic N) is 1. The summed E-state index contributed by atoms with van der Waals surface area (Å²) in [6.07, 6.45) is 3.94. The van der Waals surface area contributed by atoms with E-state index in [1.54, 1.807) is 17.8 Å². The Morgan fingerprint density at radius 2 is 2.00 bits per heavy atom. The summed E-state index contributed by atoms with van der Waals surface area (Å²) >= 11 is 1.23. The van der Waals surface area contributed by atoms with Crippen molar-refractivity contribution in [3.63, 3.8) is 0 Å². The maximum Gasteiger partial charge on any atom is 0.241 e. The Bertz CT molecular complexity index is 623. The number of hydrogen-bond acceptors (Lipinski definition) is 5. The van der Waals surface area contributed by atoms with Crippen LogP contribution in [0, 0.1) is 0 Å². The van der Waals surface area contributed by atoms with Gasteiger partial charge in [-0.2, -0.15) is 0 Å². The average molecular weight is 298 g/mol. The molecular weight excluding hydrogens is 284 g/mol. The van der Waals surface area contributed by atoms with Crippen molar-refractivity contribution in [1.29, 1.82) is 0 Å². The minimum atomic E-state index is -3.55. The van der Waals surface area contributed by atoms with Crippen LogP contribution in [0.4, 0.5) is 0 Å². The summed E-state index contributed by atoms with van der Waals surface area (Å²) in [6, 6.07) is 5.20. The first-order valence-electron chi connectivity index (χ1n) is 5.69. The van der Waals surface area contributed by atoms with E-state index in [9.17, 15) is 8.42 Å². The van der Waals surface area contributed by atoms with E-state index in [1.807, 2.05) is 12.1 Å². The molecule has 19 heavy (non-hydrogen) atoms. The van der Waals surface area contributed by atoms with Crippen molar-refractivity contribution in [1.82, 2.24) is 9.71 Å². The maximum absolute atomic E-state index is 12.0. The van der Waals surface area contributed by atoms with Gasteiger partial charge in [-0.05, 0) is 35.6 Å². The van der Waals surface area contributed by atoms with E-state index in [1.165, 1.54) is 17.4 Å². The highest BCUT2D eigenvalue weighted by atomic mass is 32.2. The molecule has 0 aliphatic carbocycles. The number of aromatic nitrogens is 1. The van der Waals surface area contributed by atoms with Crippen molar-refractivity contribution in [3.8, 4) is 0 Å². The van der Waals surface area contributed by atoms with Crippen LogP contribution in [0.15, 0.2) is 40.9 Å². The second-order valence-electron chi connectivity index (χ2n) is 3.87. The van der Waals surface area contributed by atoms with Crippen LogP contribution >= 0.6 is 11.3 Å². The van der Waals surface area contributed by atoms with Gasteiger partial charge in [0.15, 0.2) is 0 Å². The molecule has 0 bridgehead atoms. The van der Waals surface area contributed by atoms with Gasteiger partial charge in [0.2, 0.25) is 10.0 Å². The van der Waals surface area contributed by atoms with Crippen LogP contribution in [0.3, 0.4) is 0 Å².